The van der Waals surface area contributed by atoms with E-state index in [2.05, 4.69) is 0 Å². The van der Waals surface area contributed by atoms with Crippen molar-refractivity contribution in [3.8, 4) is 23.0 Å². The minimum absolute atomic E-state index is 0.100. The monoisotopic (exact) mass is 425 g/mol. The number of alkyl halides is 3. The van der Waals surface area contributed by atoms with Crippen molar-refractivity contribution < 1.29 is 37.3 Å². The Morgan fingerprint density at radius 2 is 1.73 bits per heavy atom. The van der Waals surface area contributed by atoms with Crippen molar-refractivity contribution in [3.63, 3.8) is 0 Å². The van der Waals surface area contributed by atoms with E-state index in [-0.39, 0.29) is 30.9 Å². The number of hydrogen-bond donors (Lipinski definition) is 1. The van der Waals surface area contributed by atoms with Gasteiger partial charge in [0.15, 0.2) is 23.0 Å². The van der Waals surface area contributed by atoms with E-state index in [1.54, 1.807) is 18.2 Å². The number of benzene rings is 2. The van der Waals surface area contributed by atoms with Crippen molar-refractivity contribution in [2.24, 2.45) is 0 Å². The first-order valence-corrected chi connectivity index (χ1v) is 9.18. The molecule has 9 heteroatoms. The van der Waals surface area contributed by atoms with E-state index < -0.39 is 18.1 Å². The summed E-state index contributed by atoms with van der Waals surface area (Å²) in [5.41, 5.74) is 1.84. The van der Waals surface area contributed by atoms with E-state index in [1.807, 2.05) is 0 Å². The van der Waals surface area contributed by atoms with Crippen molar-refractivity contribution >= 4 is 5.91 Å². The second-order valence-electron chi connectivity index (χ2n) is 6.88. The minimum Gasteiger partial charge on any atom is -0.504 e. The number of phenolic OH excluding ortho intramolecular Hbond substituents is 1. The molecule has 2 aromatic rings. The van der Waals surface area contributed by atoms with Crippen molar-refractivity contribution in [1.82, 2.24) is 4.90 Å². The maximum atomic E-state index is 13.3. The lowest BCUT2D eigenvalue weighted by Gasteiger charge is -2.38. The summed E-state index contributed by atoms with van der Waals surface area (Å²) in [4.78, 5) is 13.0. The van der Waals surface area contributed by atoms with Gasteiger partial charge >= 0.3 is 12.1 Å². The maximum Gasteiger partial charge on any atom is 0.471 e. The Kier molecular flexibility index (Phi) is 6.00. The molecule has 0 aliphatic carbocycles. The summed E-state index contributed by atoms with van der Waals surface area (Å²) in [6, 6.07) is 7.11. The van der Waals surface area contributed by atoms with Gasteiger partial charge in [-0.3, -0.25) is 4.79 Å². The molecular formula is C21H22F3NO5. The fourth-order valence-corrected chi connectivity index (χ4v) is 3.74. The van der Waals surface area contributed by atoms with Gasteiger partial charge in [0.05, 0.1) is 27.4 Å². The van der Waals surface area contributed by atoms with Crippen LogP contribution in [0.4, 0.5) is 13.2 Å². The third kappa shape index (κ3) is 4.10. The normalized spacial score (nSPS) is 16.1. The number of carbonyl (C=O) groups excluding carboxylic acids is 1. The highest BCUT2D eigenvalue weighted by molar-refractivity contribution is 5.82. The molecule has 30 heavy (non-hydrogen) atoms. The van der Waals surface area contributed by atoms with Gasteiger partial charge in [-0.1, -0.05) is 6.07 Å². The summed E-state index contributed by atoms with van der Waals surface area (Å²) < 4.78 is 55.4. The Bertz CT molecular complexity index is 945. The Labute approximate surface area is 171 Å². The number of phenols is 1. The molecule has 0 radical (unpaired) electrons. The topological polar surface area (TPSA) is 68.2 Å². The quantitative estimate of drug-likeness (QED) is 0.792. The number of fused-ring (bicyclic) bond motifs is 1. The first kappa shape index (κ1) is 21.6. The number of halogens is 3. The molecule has 0 saturated carbocycles. The zero-order chi connectivity index (χ0) is 22.1. The average Bonchev–Trinajstić information content (AvgIpc) is 2.72. The van der Waals surface area contributed by atoms with Gasteiger partial charge < -0.3 is 24.2 Å². The SMILES string of the molecule is COc1cc2c(cc1O)CCN(C(=O)C(F)(F)F)C2Cc1ccc(OC)c(OC)c1. The Hall–Kier alpha value is -3.10. The molecule has 1 amide bonds. The Morgan fingerprint density at radius 3 is 2.33 bits per heavy atom. The number of rotatable bonds is 5. The van der Waals surface area contributed by atoms with Crippen molar-refractivity contribution in [3.05, 3.63) is 47.0 Å². The molecule has 6 nitrogen and oxygen atoms in total. The Balaban J connectivity index is 2.07. The molecule has 1 aliphatic rings. The fraction of sp³-hybridized carbons (Fsp3) is 0.381. The van der Waals surface area contributed by atoms with E-state index in [0.29, 0.717) is 28.2 Å². The number of aromatic hydroxyl groups is 1. The second kappa shape index (κ2) is 8.33. The second-order valence-corrected chi connectivity index (χ2v) is 6.88. The highest BCUT2D eigenvalue weighted by atomic mass is 19.4. The summed E-state index contributed by atoms with van der Waals surface area (Å²) >= 11 is 0. The molecule has 0 saturated heterocycles. The molecule has 1 heterocycles. The van der Waals surface area contributed by atoms with Gasteiger partial charge in [-0.05, 0) is 53.8 Å². The summed E-state index contributed by atoms with van der Waals surface area (Å²) in [6.07, 6.45) is -4.69. The van der Waals surface area contributed by atoms with Gasteiger partial charge in [0.1, 0.15) is 0 Å². The van der Waals surface area contributed by atoms with E-state index in [9.17, 15) is 23.1 Å². The van der Waals surface area contributed by atoms with Crippen LogP contribution in [-0.2, 0) is 17.6 Å². The zero-order valence-corrected chi connectivity index (χ0v) is 16.7. The number of carbonyl (C=O) groups is 1. The minimum atomic E-state index is -4.99. The summed E-state index contributed by atoms with van der Waals surface area (Å²) in [5.74, 6) is -0.946. The molecule has 0 fully saturated rings. The third-order valence-electron chi connectivity index (χ3n) is 5.18. The fourth-order valence-electron chi connectivity index (χ4n) is 3.74. The van der Waals surface area contributed by atoms with Crippen LogP contribution in [0.1, 0.15) is 22.7 Å². The van der Waals surface area contributed by atoms with Crippen LogP contribution in [-0.4, -0.2) is 50.0 Å². The molecule has 1 unspecified atom stereocenters. The predicted octanol–water partition coefficient (Wildman–Crippen LogP) is 3.65. The molecule has 2 aromatic carbocycles. The van der Waals surface area contributed by atoms with Crippen molar-refractivity contribution in [2.75, 3.05) is 27.9 Å². The van der Waals surface area contributed by atoms with Crippen LogP contribution in [0.25, 0.3) is 0 Å². The lowest BCUT2D eigenvalue weighted by Crippen LogP contribution is -2.47. The van der Waals surface area contributed by atoms with Gasteiger partial charge in [-0.2, -0.15) is 13.2 Å². The van der Waals surface area contributed by atoms with Crippen LogP contribution < -0.4 is 14.2 Å². The highest BCUT2D eigenvalue weighted by Crippen LogP contribution is 2.41. The predicted molar refractivity (Wildman–Crippen MR) is 102 cm³/mol. The molecule has 162 valence electrons. The third-order valence-corrected chi connectivity index (χ3v) is 5.18. The first-order valence-electron chi connectivity index (χ1n) is 9.18. The molecular weight excluding hydrogens is 403 g/mol. The lowest BCUT2D eigenvalue weighted by molar-refractivity contribution is -0.188. The molecule has 0 bridgehead atoms. The average molecular weight is 425 g/mol. The van der Waals surface area contributed by atoms with E-state index in [4.69, 9.17) is 14.2 Å². The van der Waals surface area contributed by atoms with Crippen LogP contribution in [0, 0.1) is 0 Å². The van der Waals surface area contributed by atoms with Gasteiger partial charge in [-0.15, -0.1) is 0 Å². The van der Waals surface area contributed by atoms with Crippen LogP contribution in [0.5, 0.6) is 23.0 Å². The molecule has 1 aliphatic heterocycles. The lowest BCUT2D eigenvalue weighted by atomic mass is 9.88. The highest BCUT2D eigenvalue weighted by Gasteiger charge is 2.46. The zero-order valence-electron chi connectivity index (χ0n) is 16.7. The van der Waals surface area contributed by atoms with E-state index in [0.717, 1.165) is 4.90 Å². The smallest absolute Gasteiger partial charge is 0.471 e. The van der Waals surface area contributed by atoms with Gasteiger partial charge in [0.2, 0.25) is 0 Å². The molecule has 3 rings (SSSR count). The van der Waals surface area contributed by atoms with Gasteiger partial charge in [-0.25, -0.2) is 0 Å². The molecule has 1 N–H and O–H groups in total. The molecule has 0 aromatic heterocycles. The van der Waals surface area contributed by atoms with Gasteiger partial charge in [0.25, 0.3) is 0 Å². The van der Waals surface area contributed by atoms with Crippen LogP contribution in [0.3, 0.4) is 0 Å². The number of ether oxygens (including phenoxy) is 3. The van der Waals surface area contributed by atoms with Crippen molar-refractivity contribution in [1.29, 1.82) is 0 Å². The number of methoxy groups -OCH3 is 3. The number of nitrogens with zero attached hydrogens (tertiary/aromatic N) is 1. The standard InChI is InChI=1S/C21H22F3NO5/c1-28-17-5-4-12(9-19(17)30-3)8-15-14-11-18(29-2)16(26)10-13(14)6-7-25(15)20(27)21(22,23)24/h4-5,9-11,15,26H,6-8H2,1-3H3. The van der Waals surface area contributed by atoms with Crippen LogP contribution in [0.15, 0.2) is 30.3 Å². The van der Waals surface area contributed by atoms with E-state index in [1.165, 1.54) is 33.5 Å². The van der Waals surface area contributed by atoms with Crippen LogP contribution >= 0.6 is 0 Å². The van der Waals surface area contributed by atoms with E-state index >= 15 is 0 Å². The molecule has 1 atom stereocenters. The summed E-state index contributed by atoms with van der Waals surface area (Å²) in [6.45, 7) is -0.116. The van der Waals surface area contributed by atoms with Crippen molar-refractivity contribution in [2.45, 2.75) is 25.1 Å². The summed E-state index contributed by atoms with van der Waals surface area (Å²) in [5, 5.41) is 10.1. The largest absolute Gasteiger partial charge is 0.504 e. The number of hydrogen-bond acceptors (Lipinski definition) is 5. The van der Waals surface area contributed by atoms with Crippen LogP contribution in [0.2, 0.25) is 0 Å². The first-order chi connectivity index (χ1) is 14.2. The maximum absolute atomic E-state index is 13.3. The Morgan fingerprint density at radius 1 is 1.07 bits per heavy atom. The number of amides is 1. The van der Waals surface area contributed by atoms with Gasteiger partial charge in [0, 0.05) is 6.54 Å². The summed E-state index contributed by atoms with van der Waals surface area (Å²) in [7, 11) is 4.30. The molecule has 0 spiro atoms.